The van der Waals surface area contributed by atoms with Gasteiger partial charge in [0, 0.05) is 17.6 Å². The lowest BCUT2D eigenvalue weighted by molar-refractivity contribution is 0.0570. The van der Waals surface area contributed by atoms with Crippen LogP contribution in [-0.4, -0.2) is 44.2 Å². The van der Waals surface area contributed by atoms with Crippen LogP contribution < -0.4 is 14.7 Å². The standard InChI is InChI=1S/C25H31NO3Si/c1-30(2,3)22-9-4-17(5-10-22)19-14-20-7-8-21(15-19)26(20)25(27)18-6-11-23-24(16-18)29-13-12-28-23/h4-6,9-11,16,19-21H,7-8,12-15H2,1-3H3. The fraction of sp³-hybridized carbons (Fsp3) is 0.480. The highest BCUT2D eigenvalue weighted by Gasteiger charge is 2.43. The van der Waals surface area contributed by atoms with Crippen LogP contribution in [0.3, 0.4) is 0 Å². The van der Waals surface area contributed by atoms with Crippen LogP contribution in [0.4, 0.5) is 0 Å². The Bertz CT molecular complexity index is 936. The van der Waals surface area contributed by atoms with Crippen molar-refractivity contribution in [2.75, 3.05) is 13.2 Å². The second-order valence-corrected chi connectivity index (χ2v) is 15.1. The molecule has 5 heteroatoms. The Kier molecular flexibility index (Phi) is 4.89. The summed E-state index contributed by atoms with van der Waals surface area (Å²) < 4.78 is 11.3. The van der Waals surface area contributed by atoms with Gasteiger partial charge in [-0.3, -0.25) is 4.79 Å². The number of hydrogen-bond donors (Lipinski definition) is 0. The van der Waals surface area contributed by atoms with Gasteiger partial charge in [0.25, 0.3) is 5.91 Å². The summed E-state index contributed by atoms with van der Waals surface area (Å²) in [7, 11) is -1.27. The van der Waals surface area contributed by atoms with Gasteiger partial charge in [-0.1, -0.05) is 49.1 Å². The van der Waals surface area contributed by atoms with Gasteiger partial charge in [-0.2, -0.15) is 0 Å². The van der Waals surface area contributed by atoms with E-state index in [9.17, 15) is 4.79 Å². The van der Waals surface area contributed by atoms with Crippen LogP contribution >= 0.6 is 0 Å². The van der Waals surface area contributed by atoms with Crippen molar-refractivity contribution in [3.8, 4) is 11.5 Å². The third-order valence-electron chi connectivity index (χ3n) is 7.00. The van der Waals surface area contributed by atoms with E-state index in [1.165, 1.54) is 10.8 Å². The molecule has 2 saturated heterocycles. The van der Waals surface area contributed by atoms with E-state index < -0.39 is 8.07 Å². The maximum atomic E-state index is 13.4. The molecule has 3 aliphatic heterocycles. The molecule has 0 saturated carbocycles. The van der Waals surface area contributed by atoms with Crippen LogP contribution in [0.2, 0.25) is 19.6 Å². The van der Waals surface area contributed by atoms with Gasteiger partial charge in [0.15, 0.2) is 11.5 Å². The highest BCUT2D eigenvalue weighted by atomic mass is 28.3. The molecule has 2 atom stereocenters. The van der Waals surface area contributed by atoms with Crippen molar-refractivity contribution in [2.24, 2.45) is 0 Å². The lowest BCUT2D eigenvalue weighted by atomic mass is 9.85. The number of rotatable bonds is 3. The van der Waals surface area contributed by atoms with Crippen LogP contribution in [0.1, 0.15) is 47.5 Å². The highest BCUT2D eigenvalue weighted by molar-refractivity contribution is 6.88. The van der Waals surface area contributed by atoms with E-state index in [1.54, 1.807) is 0 Å². The molecule has 1 amide bonds. The molecule has 3 aliphatic rings. The fourth-order valence-electron chi connectivity index (χ4n) is 5.36. The van der Waals surface area contributed by atoms with E-state index in [1.807, 2.05) is 18.2 Å². The van der Waals surface area contributed by atoms with E-state index >= 15 is 0 Å². The lowest BCUT2D eigenvalue weighted by Gasteiger charge is -2.39. The van der Waals surface area contributed by atoms with Crippen LogP contribution in [0.15, 0.2) is 42.5 Å². The van der Waals surface area contributed by atoms with E-state index in [-0.39, 0.29) is 5.91 Å². The predicted octanol–water partition coefficient (Wildman–Crippen LogP) is 4.55. The zero-order valence-electron chi connectivity index (χ0n) is 18.2. The molecule has 0 radical (unpaired) electrons. The molecule has 30 heavy (non-hydrogen) atoms. The molecule has 0 N–H and O–H groups in total. The Labute approximate surface area is 180 Å². The van der Waals surface area contributed by atoms with E-state index in [4.69, 9.17) is 9.47 Å². The zero-order valence-corrected chi connectivity index (χ0v) is 19.2. The van der Waals surface area contributed by atoms with Crippen LogP contribution in [0.5, 0.6) is 11.5 Å². The van der Waals surface area contributed by atoms with Gasteiger partial charge < -0.3 is 14.4 Å². The Hall–Kier alpha value is -2.27. The van der Waals surface area contributed by atoms with Gasteiger partial charge in [0.1, 0.15) is 13.2 Å². The molecule has 4 nitrogen and oxygen atoms in total. The molecule has 0 aliphatic carbocycles. The zero-order chi connectivity index (χ0) is 20.9. The first kappa shape index (κ1) is 19.7. The molecule has 2 fully saturated rings. The fourth-order valence-corrected chi connectivity index (χ4v) is 6.53. The second kappa shape index (κ2) is 7.45. The molecule has 2 unspecified atom stereocenters. The first-order chi connectivity index (χ1) is 14.4. The molecular formula is C25H31NO3Si. The number of carbonyl (C=O) groups excluding carboxylic acids is 1. The van der Waals surface area contributed by atoms with E-state index in [0.29, 0.717) is 42.5 Å². The first-order valence-electron chi connectivity index (χ1n) is 11.2. The quantitative estimate of drug-likeness (QED) is 0.682. The van der Waals surface area contributed by atoms with Gasteiger partial charge in [-0.05, 0) is 55.4 Å². The van der Waals surface area contributed by atoms with Crippen LogP contribution in [0.25, 0.3) is 0 Å². The summed E-state index contributed by atoms with van der Waals surface area (Å²) >= 11 is 0. The van der Waals surface area contributed by atoms with Gasteiger partial charge in [-0.25, -0.2) is 0 Å². The summed E-state index contributed by atoms with van der Waals surface area (Å²) in [4.78, 5) is 15.5. The summed E-state index contributed by atoms with van der Waals surface area (Å²) in [6.45, 7) is 8.28. The normalized spacial score (nSPS) is 25.3. The second-order valence-electron chi connectivity index (χ2n) is 10.00. The number of amides is 1. The molecule has 2 aromatic carbocycles. The van der Waals surface area contributed by atoms with Crippen LogP contribution in [-0.2, 0) is 0 Å². The monoisotopic (exact) mass is 421 g/mol. The number of fused-ring (bicyclic) bond motifs is 3. The molecule has 158 valence electrons. The Morgan fingerprint density at radius 3 is 2.17 bits per heavy atom. The summed E-state index contributed by atoms with van der Waals surface area (Å²) in [6.07, 6.45) is 4.37. The van der Waals surface area contributed by atoms with Crippen molar-refractivity contribution < 1.29 is 14.3 Å². The molecule has 2 aromatic rings. The minimum Gasteiger partial charge on any atom is -0.486 e. The number of carbonyl (C=O) groups is 1. The molecule has 3 heterocycles. The van der Waals surface area contributed by atoms with Crippen molar-refractivity contribution in [3.63, 3.8) is 0 Å². The third kappa shape index (κ3) is 3.53. The summed E-state index contributed by atoms with van der Waals surface area (Å²) in [6, 6.07) is 15.7. The predicted molar refractivity (Wildman–Crippen MR) is 122 cm³/mol. The van der Waals surface area contributed by atoms with Gasteiger partial charge >= 0.3 is 0 Å². The molecule has 0 aromatic heterocycles. The Morgan fingerprint density at radius 2 is 1.53 bits per heavy atom. The minimum absolute atomic E-state index is 0.145. The topological polar surface area (TPSA) is 38.8 Å². The molecule has 0 spiro atoms. The van der Waals surface area contributed by atoms with Crippen molar-refractivity contribution in [1.82, 2.24) is 4.90 Å². The average molecular weight is 422 g/mol. The lowest BCUT2D eigenvalue weighted by Crippen LogP contribution is -2.46. The van der Waals surface area contributed by atoms with Crippen molar-refractivity contribution in [2.45, 2.75) is 63.3 Å². The summed E-state index contributed by atoms with van der Waals surface area (Å²) in [5.41, 5.74) is 2.16. The van der Waals surface area contributed by atoms with Gasteiger partial charge in [-0.15, -0.1) is 0 Å². The first-order valence-corrected chi connectivity index (χ1v) is 14.7. The van der Waals surface area contributed by atoms with Crippen LogP contribution in [0, 0.1) is 0 Å². The minimum atomic E-state index is -1.27. The van der Waals surface area contributed by atoms with Gasteiger partial charge in [0.2, 0.25) is 0 Å². The SMILES string of the molecule is C[Si](C)(C)c1ccc(C2CC3CCC(C2)N3C(=O)c2ccc3c(c2)OCCO3)cc1. The Balaban J connectivity index is 1.33. The number of piperidine rings is 1. The Morgan fingerprint density at radius 1 is 0.900 bits per heavy atom. The van der Waals surface area contributed by atoms with E-state index in [0.717, 1.165) is 31.4 Å². The molecular weight excluding hydrogens is 390 g/mol. The van der Waals surface area contributed by atoms with Crippen molar-refractivity contribution >= 4 is 19.2 Å². The summed E-state index contributed by atoms with van der Waals surface area (Å²) in [5, 5.41) is 1.51. The molecule has 5 rings (SSSR count). The maximum absolute atomic E-state index is 13.4. The smallest absolute Gasteiger partial charge is 0.254 e. The average Bonchev–Trinajstić information content (AvgIpc) is 3.01. The van der Waals surface area contributed by atoms with E-state index in [2.05, 4.69) is 48.8 Å². The summed E-state index contributed by atoms with van der Waals surface area (Å²) in [5.74, 6) is 2.13. The van der Waals surface area contributed by atoms with Crippen molar-refractivity contribution in [3.05, 3.63) is 53.6 Å². The molecule has 2 bridgehead atoms. The number of ether oxygens (including phenoxy) is 2. The number of nitrogens with zero attached hydrogens (tertiary/aromatic N) is 1. The number of benzene rings is 2. The third-order valence-corrected chi connectivity index (χ3v) is 9.07. The highest BCUT2D eigenvalue weighted by Crippen LogP contribution is 2.44. The largest absolute Gasteiger partial charge is 0.486 e. The van der Waals surface area contributed by atoms with Gasteiger partial charge in [0.05, 0.1) is 8.07 Å². The van der Waals surface area contributed by atoms with Crippen molar-refractivity contribution in [1.29, 1.82) is 0 Å². The number of hydrogen-bond acceptors (Lipinski definition) is 3. The maximum Gasteiger partial charge on any atom is 0.254 e.